The highest BCUT2D eigenvalue weighted by atomic mass is 79.9. The van der Waals surface area contributed by atoms with Crippen LogP contribution in [0.4, 0.5) is 5.69 Å². The number of hydrogen-bond acceptors (Lipinski definition) is 2. The monoisotopic (exact) mass is 396 g/mol. The first-order chi connectivity index (χ1) is 9.49. The number of carbonyl (C=O) groups is 1. The van der Waals surface area contributed by atoms with E-state index in [4.69, 9.17) is 5.73 Å². The normalized spacial score (nSPS) is 11.9. The number of hydrogen-bond donors (Lipinski definition) is 2. The van der Waals surface area contributed by atoms with Gasteiger partial charge in [-0.3, -0.25) is 4.79 Å². The van der Waals surface area contributed by atoms with Crippen molar-refractivity contribution in [1.29, 1.82) is 0 Å². The minimum absolute atomic E-state index is 0.114. The lowest BCUT2D eigenvalue weighted by Crippen LogP contribution is -2.27. The van der Waals surface area contributed by atoms with Crippen molar-refractivity contribution in [2.45, 2.75) is 13.0 Å². The van der Waals surface area contributed by atoms with E-state index in [0.29, 0.717) is 11.3 Å². The van der Waals surface area contributed by atoms with Crippen molar-refractivity contribution in [2.24, 2.45) is 0 Å². The van der Waals surface area contributed by atoms with Crippen molar-refractivity contribution in [3.63, 3.8) is 0 Å². The van der Waals surface area contributed by atoms with E-state index in [1.165, 1.54) is 0 Å². The van der Waals surface area contributed by atoms with Gasteiger partial charge in [0.05, 0.1) is 11.6 Å². The van der Waals surface area contributed by atoms with Crippen LogP contribution in [0, 0.1) is 0 Å². The topological polar surface area (TPSA) is 55.1 Å². The number of carbonyl (C=O) groups excluding carboxylic acids is 1. The van der Waals surface area contributed by atoms with Crippen LogP contribution in [0.25, 0.3) is 0 Å². The Hall–Kier alpha value is -1.33. The van der Waals surface area contributed by atoms with Gasteiger partial charge >= 0.3 is 0 Å². The van der Waals surface area contributed by atoms with Crippen molar-refractivity contribution >= 4 is 43.5 Å². The molecule has 3 nitrogen and oxygen atoms in total. The number of amides is 1. The molecule has 0 bridgehead atoms. The largest absolute Gasteiger partial charge is 0.398 e. The molecule has 1 atom stereocenters. The van der Waals surface area contributed by atoms with Gasteiger partial charge < -0.3 is 11.1 Å². The first-order valence-corrected chi connectivity index (χ1v) is 7.68. The summed E-state index contributed by atoms with van der Waals surface area (Å²) in [5.74, 6) is -0.188. The Labute approximate surface area is 134 Å². The molecule has 0 saturated carbocycles. The van der Waals surface area contributed by atoms with Gasteiger partial charge in [0, 0.05) is 14.6 Å². The fourth-order valence-electron chi connectivity index (χ4n) is 1.90. The summed E-state index contributed by atoms with van der Waals surface area (Å²) in [6.07, 6.45) is 0. The van der Waals surface area contributed by atoms with E-state index >= 15 is 0 Å². The molecule has 0 heterocycles. The Balaban J connectivity index is 2.20. The molecule has 2 rings (SSSR count). The number of nitrogens with one attached hydrogen (secondary N) is 1. The minimum atomic E-state index is -0.188. The number of nitrogens with two attached hydrogens (primary N) is 1. The summed E-state index contributed by atoms with van der Waals surface area (Å²) in [5.41, 5.74) is 7.80. The van der Waals surface area contributed by atoms with E-state index in [-0.39, 0.29) is 11.9 Å². The SMILES string of the molecule is C[C@H](NC(=O)c1cc(Br)ccc1N)c1ccccc1Br. The lowest BCUT2D eigenvalue weighted by Gasteiger charge is -2.16. The van der Waals surface area contributed by atoms with E-state index < -0.39 is 0 Å². The molecule has 1 amide bonds. The van der Waals surface area contributed by atoms with Crippen molar-refractivity contribution in [3.05, 3.63) is 62.5 Å². The minimum Gasteiger partial charge on any atom is -0.398 e. The maximum Gasteiger partial charge on any atom is 0.253 e. The van der Waals surface area contributed by atoms with Crippen LogP contribution < -0.4 is 11.1 Å². The molecule has 2 aromatic rings. The van der Waals surface area contributed by atoms with Gasteiger partial charge in [-0.15, -0.1) is 0 Å². The smallest absolute Gasteiger partial charge is 0.253 e. The van der Waals surface area contributed by atoms with Gasteiger partial charge in [-0.1, -0.05) is 50.1 Å². The summed E-state index contributed by atoms with van der Waals surface area (Å²) in [7, 11) is 0. The highest BCUT2D eigenvalue weighted by Gasteiger charge is 2.15. The van der Waals surface area contributed by atoms with Crippen LogP contribution in [-0.2, 0) is 0 Å². The lowest BCUT2D eigenvalue weighted by molar-refractivity contribution is 0.0940. The second-order valence-corrected chi connectivity index (χ2v) is 6.22. The third-order valence-electron chi connectivity index (χ3n) is 2.98. The van der Waals surface area contributed by atoms with Crippen molar-refractivity contribution < 1.29 is 4.79 Å². The first-order valence-electron chi connectivity index (χ1n) is 6.09. The summed E-state index contributed by atoms with van der Waals surface area (Å²) < 4.78 is 1.79. The van der Waals surface area contributed by atoms with Gasteiger partial charge in [0.2, 0.25) is 0 Å². The third-order valence-corrected chi connectivity index (χ3v) is 4.19. The van der Waals surface area contributed by atoms with Crippen LogP contribution in [0.1, 0.15) is 28.9 Å². The van der Waals surface area contributed by atoms with Crippen LogP contribution >= 0.6 is 31.9 Å². The predicted molar refractivity (Wildman–Crippen MR) is 88.6 cm³/mol. The zero-order valence-electron chi connectivity index (χ0n) is 10.9. The number of benzene rings is 2. The molecule has 0 aliphatic carbocycles. The number of anilines is 1. The zero-order valence-corrected chi connectivity index (χ0v) is 14.0. The van der Waals surface area contributed by atoms with Crippen molar-refractivity contribution in [3.8, 4) is 0 Å². The van der Waals surface area contributed by atoms with Gasteiger partial charge in [-0.05, 0) is 36.8 Å². The fraction of sp³-hybridized carbons (Fsp3) is 0.133. The van der Waals surface area contributed by atoms with Crippen LogP contribution in [0.3, 0.4) is 0 Å². The zero-order chi connectivity index (χ0) is 14.7. The highest BCUT2D eigenvalue weighted by molar-refractivity contribution is 9.10. The molecule has 3 N–H and O–H groups in total. The highest BCUT2D eigenvalue weighted by Crippen LogP contribution is 2.24. The molecule has 0 spiro atoms. The molecule has 5 heteroatoms. The first kappa shape index (κ1) is 15.1. The van der Waals surface area contributed by atoms with E-state index in [1.54, 1.807) is 12.1 Å². The van der Waals surface area contributed by atoms with E-state index in [2.05, 4.69) is 37.2 Å². The van der Waals surface area contributed by atoms with Crippen LogP contribution in [0.2, 0.25) is 0 Å². The number of rotatable bonds is 3. The lowest BCUT2D eigenvalue weighted by atomic mass is 10.1. The quantitative estimate of drug-likeness (QED) is 0.759. The van der Waals surface area contributed by atoms with Crippen LogP contribution in [0.5, 0.6) is 0 Å². The molecule has 0 unspecified atom stereocenters. The predicted octanol–water partition coefficient (Wildman–Crippen LogP) is 4.28. The average Bonchev–Trinajstić information content (AvgIpc) is 2.41. The van der Waals surface area contributed by atoms with Crippen LogP contribution in [0.15, 0.2) is 51.4 Å². The molecule has 0 aromatic heterocycles. The summed E-state index contributed by atoms with van der Waals surface area (Å²) in [6.45, 7) is 1.94. The van der Waals surface area contributed by atoms with E-state index in [1.807, 2.05) is 37.3 Å². The maximum atomic E-state index is 12.3. The van der Waals surface area contributed by atoms with Gasteiger partial charge in [0.15, 0.2) is 0 Å². The van der Waals surface area contributed by atoms with Crippen molar-refractivity contribution in [2.75, 3.05) is 5.73 Å². The second kappa shape index (κ2) is 6.41. The Bertz CT molecular complexity index is 644. The molecule has 0 aliphatic rings. The molecular formula is C15H14Br2N2O. The average molecular weight is 398 g/mol. The summed E-state index contributed by atoms with van der Waals surface area (Å²) in [6, 6.07) is 12.9. The molecule has 2 aromatic carbocycles. The second-order valence-electron chi connectivity index (χ2n) is 4.45. The number of halogens is 2. The summed E-state index contributed by atoms with van der Waals surface area (Å²) >= 11 is 6.83. The fourth-order valence-corrected chi connectivity index (χ4v) is 2.89. The van der Waals surface area contributed by atoms with E-state index in [0.717, 1.165) is 14.5 Å². The number of nitrogen functional groups attached to an aromatic ring is 1. The molecule has 0 saturated heterocycles. The molecule has 20 heavy (non-hydrogen) atoms. The molecule has 104 valence electrons. The Kier molecular flexibility index (Phi) is 4.83. The van der Waals surface area contributed by atoms with Gasteiger partial charge in [-0.2, -0.15) is 0 Å². The van der Waals surface area contributed by atoms with Gasteiger partial charge in [0.1, 0.15) is 0 Å². The molecular weight excluding hydrogens is 384 g/mol. The summed E-state index contributed by atoms with van der Waals surface area (Å²) in [4.78, 5) is 12.3. The van der Waals surface area contributed by atoms with Crippen molar-refractivity contribution in [1.82, 2.24) is 5.32 Å². The Morgan fingerprint density at radius 3 is 2.60 bits per heavy atom. The maximum absolute atomic E-state index is 12.3. The third kappa shape index (κ3) is 3.41. The van der Waals surface area contributed by atoms with Crippen LogP contribution in [-0.4, -0.2) is 5.91 Å². The Morgan fingerprint density at radius 2 is 1.90 bits per heavy atom. The van der Waals surface area contributed by atoms with Gasteiger partial charge in [0.25, 0.3) is 5.91 Å². The molecule has 0 radical (unpaired) electrons. The summed E-state index contributed by atoms with van der Waals surface area (Å²) in [5, 5.41) is 2.95. The van der Waals surface area contributed by atoms with E-state index in [9.17, 15) is 4.79 Å². The van der Waals surface area contributed by atoms with Gasteiger partial charge in [-0.25, -0.2) is 0 Å². The Morgan fingerprint density at radius 1 is 1.20 bits per heavy atom. The standard InChI is InChI=1S/C15H14Br2N2O/c1-9(11-4-2-3-5-13(11)17)19-15(20)12-8-10(16)6-7-14(12)18/h2-9H,18H2,1H3,(H,19,20)/t9-/m0/s1. The molecule has 0 fully saturated rings. The molecule has 0 aliphatic heterocycles.